The van der Waals surface area contributed by atoms with Gasteiger partial charge in [-0.15, -0.1) is 0 Å². The Morgan fingerprint density at radius 3 is 2.57 bits per heavy atom. The van der Waals surface area contributed by atoms with Crippen molar-refractivity contribution in [2.45, 2.75) is 25.8 Å². The second-order valence-corrected chi connectivity index (χ2v) is 4.96. The summed E-state index contributed by atoms with van der Waals surface area (Å²) in [6.45, 7) is 1.79. The summed E-state index contributed by atoms with van der Waals surface area (Å²) in [5.74, 6) is -1.09. The molecule has 1 atom stereocenters. The van der Waals surface area contributed by atoms with E-state index in [0.29, 0.717) is 12.1 Å². The van der Waals surface area contributed by atoms with E-state index in [-0.39, 0.29) is 18.4 Å². The van der Waals surface area contributed by atoms with Gasteiger partial charge < -0.3 is 15.4 Å². The number of aliphatic carboxylic acids is 1. The zero-order valence-electron chi connectivity index (χ0n) is 11.8. The van der Waals surface area contributed by atoms with Gasteiger partial charge in [0.05, 0.1) is 0 Å². The molecule has 0 saturated heterocycles. The number of hydrogen-bond acceptors (Lipinski definition) is 2. The first-order valence-electron chi connectivity index (χ1n) is 6.83. The van der Waals surface area contributed by atoms with Gasteiger partial charge in [-0.25, -0.2) is 0 Å². The van der Waals surface area contributed by atoms with Gasteiger partial charge in [-0.1, -0.05) is 30.3 Å². The molecule has 0 aliphatic rings. The first-order chi connectivity index (χ1) is 10.1. The molecule has 1 heterocycles. The highest BCUT2D eigenvalue weighted by molar-refractivity contribution is 5.93. The van der Waals surface area contributed by atoms with Crippen molar-refractivity contribution in [3.05, 3.63) is 48.2 Å². The Bertz CT molecular complexity index is 619. The van der Waals surface area contributed by atoms with E-state index in [0.717, 1.165) is 11.3 Å². The molecular weight excluding hydrogens is 268 g/mol. The molecule has 3 N–H and O–H groups in total. The molecule has 110 valence electrons. The van der Waals surface area contributed by atoms with Crippen LogP contribution in [0.3, 0.4) is 0 Å². The minimum Gasteiger partial charge on any atom is -0.481 e. The highest BCUT2D eigenvalue weighted by atomic mass is 16.4. The first kappa shape index (κ1) is 14.8. The molecule has 5 nitrogen and oxygen atoms in total. The lowest BCUT2D eigenvalue weighted by atomic mass is 10.2. The number of aromatic nitrogens is 1. The van der Waals surface area contributed by atoms with Crippen molar-refractivity contribution in [2.24, 2.45) is 0 Å². The van der Waals surface area contributed by atoms with Crippen LogP contribution >= 0.6 is 0 Å². The Kier molecular flexibility index (Phi) is 4.77. The Morgan fingerprint density at radius 2 is 1.90 bits per heavy atom. The van der Waals surface area contributed by atoms with Crippen LogP contribution in [-0.2, 0) is 4.79 Å². The molecule has 0 saturated carbocycles. The lowest BCUT2D eigenvalue weighted by Gasteiger charge is -2.11. The van der Waals surface area contributed by atoms with Crippen molar-refractivity contribution >= 4 is 11.9 Å². The summed E-state index contributed by atoms with van der Waals surface area (Å²) in [5, 5.41) is 11.4. The van der Waals surface area contributed by atoms with Crippen LogP contribution in [0.4, 0.5) is 0 Å². The third kappa shape index (κ3) is 4.21. The summed E-state index contributed by atoms with van der Waals surface area (Å²) in [6, 6.07) is 13.1. The largest absolute Gasteiger partial charge is 0.481 e. The van der Waals surface area contributed by atoms with E-state index in [1.54, 1.807) is 13.0 Å². The topological polar surface area (TPSA) is 82.2 Å². The first-order valence-corrected chi connectivity index (χ1v) is 6.83. The van der Waals surface area contributed by atoms with Gasteiger partial charge in [0.25, 0.3) is 5.91 Å². The maximum Gasteiger partial charge on any atom is 0.303 e. The predicted molar refractivity (Wildman–Crippen MR) is 80.0 cm³/mol. The number of carbonyl (C=O) groups excluding carboxylic acids is 1. The van der Waals surface area contributed by atoms with Gasteiger partial charge in [0.15, 0.2) is 0 Å². The fourth-order valence-corrected chi connectivity index (χ4v) is 2.03. The van der Waals surface area contributed by atoms with Crippen LogP contribution in [0.5, 0.6) is 0 Å². The predicted octanol–water partition coefficient (Wildman–Crippen LogP) is 2.66. The molecule has 0 spiro atoms. The normalized spacial score (nSPS) is 11.9. The number of carbonyl (C=O) groups is 2. The van der Waals surface area contributed by atoms with Gasteiger partial charge >= 0.3 is 5.97 Å². The summed E-state index contributed by atoms with van der Waals surface area (Å²) >= 11 is 0. The Labute approximate surface area is 123 Å². The Morgan fingerprint density at radius 1 is 1.19 bits per heavy atom. The maximum atomic E-state index is 12.1. The molecule has 0 bridgehead atoms. The van der Waals surface area contributed by atoms with E-state index in [4.69, 9.17) is 5.11 Å². The van der Waals surface area contributed by atoms with Crippen LogP contribution in [0.2, 0.25) is 0 Å². The SMILES string of the molecule is CC(CCC(=O)O)NC(=O)c1ccc(-c2ccccc2)[nH]1. The minimum atomic E-state index is -0.859. The fourth-order valence-electron chi connectivity index (χ4n) is 2.03. The zero-order chi connectivity index (χ0) is 15.2. The van der Waals surface area contributed by atoms with Crippen molar-refractivity contribution < 1.29 is 14.7 Å². The summed E-state index contributed by atoms with van der Waals surface area (Å²) < 4.78 is 0. The molecule has 0 aliphatic heterocycles. The Balaban J connectivity index is 1.98. The monoisotopic (exact) mass is 286 g/mol. The van der Waals surface area contributed by atoms with Crippen molar-refractivity contribution in [1.82, 2.24) is 10.3 Å². The van der Waals surface area contributed by atoms with Crippen molar-refractivity contribution in [3.63, 3.8) is 0 Å². The number of carboxylic acids is 1. The average Bonchev–Trinajstić information content (AvgIpc) is 2.96. The highest BCUT2D eigenvalue weighted by Crippen LogP contribution is 2.17. The number of hydrogen-bond donors (Lipinski definition) is 3. The maximum absolute atomic E-state index is 12.1. The summed E-state index contributed by atoms with van der Waals surface area (Å²) in [7, 11) is 0. The van der Waals surface area contributed by atoms with Crippen LogP contribution in [0.1, 0.15) is 30.3 Å². The second kappa shape index (κ2) is 6.74. The van der Waals surface area contributed by atoms with Gasteiger partial charge in [-0.3, -0.25) is 9.59 Å². The molecule has 1 aromatic carbocycles. The number of benzene rings is 1. The molecule has 0 fully saturated rings. The van der Waals surface area contributed by atoms with Crippen molar-refractivity contribution in [3.8, 4) is 11.3 Å². The van der Waals surface area contributed by atoms with Crippen molar-refractivity contribution in [1.29, 1.82) is 0 Å². The lowest BCUT2D eigenvalue weighted by molar-refractivity contribution is -0.137. The van der Waals surface area contributed by atoms with Crippen LogP contribution in [0.15, 0.2) is 42.5 Å². The van der Waals surface area contributed by atoms with E-state index < -0.39 is 5.97 Å². The van der Waals surface area contributed by atoms with Crippen LogP contribution in [0, 0.1) is 0 Å². The number of H-pyrrole nitrogens is 1. The smallest absolute Gasteiger partial charge is 0.303 e. The summed E-state index contributed by atoms with van der Waals surface area (Å²) in [5.41, 5.74) is 2.35. The quantitative estimate of drug-likeness (QED) is 0.763. The number of rotatable bonds is 6. The summed E-state index contributed by atoms with van der Waals surface area (Å²) in [4.78, 5) is 25.6. The van der Waals surface area contributed by atoms with E-state index in [1.807, 2.05) is 36.4 Å². The molecule has 1 aromatic heterocycles. The molecule has 2 rings (SSSR count). The molecular formula is C16H18N2O3. The van der Waals surface area contributed by atoms with Gasteiger partial charge in [0, 0.05) is 18.2 Å². The molecule has 1 amide bonds. The molecule has 5 heteroatoms. The average molecular weight is 286 g/mol. The van der Waals surface area contributed by atoms with Gasteiger partial charge in [0.1, 0.15) is 5.69 Å². The summed E-state index contributed by atoms with van der Waals surface area (Å²) in [6.07, 6.45) is 0.453. The minimum absolute atomic E-state index is 0.0431. The van der Waals surface area contributed by atoms with E-state index in [1.165, 1.54) is 0 Å². The zero-order valence-corrected chi connectivity index (χ0v) is 11.8. The van der Waals surface area contributed by atoms with Crippen LogP contribution in [-0.4, -0.2) is 28.0 Å². The van der Waals surface area contributed by atoms with Crippen LogP contribution in [0.25, 0.3) is 11.3 Å². The second-order valence-electron chi connectivity index (χ2n) is 4.96. The van der Waals surface area contributed by atoms with Crippen LogP contribution < -0.4 is 5.32 Å². The van der Waals surface area contributed by atoms with Gasteiger partial charge in [0.2, 0.25) is 0 Å². The number of aromatic amines is 1. The molecule has 1 unspecified atom stereocenters. The molecule has 2 aromatic rings. The molecule has 21 heavy (non-hydrogen) atoms. The third-order valence-corrected chi connectivity index (χ3v) is 3.18. The number of carboxylic acid groups (broad SMARTS) is 1. The number of nitrogens with one attached hydrogen (secondary N) is 2. The highest BCUT2D eigenvalue weighted by Gasteiger charge is 2.13. The molecule has 0 radical (unpaired) electrons. The van der Waals surface area contributed by atoms with E-state index in [9.17, 15) is 9.59 Å². The third-order valence-electron chi connectivity index (χ3n) is 3.18. The number of amides is 1. The lowest BCUT2D eigenvalue weighted by Crippen LogP contribution is -2.33. The van der Waals surface area contributed by atoms with Crippen molar-refractivity contribution in [2.75, 3.05) is 0 Å². The molecule has 0 aliphatic carbocycles. The van der Waals surface area contributed by atoms with Gasteiger partial charge in [-0.2, -0.15) is 0 Å². The fraction of sp³-hybridized carbons (Fsp3) is 0.250. The van der Waals surface area contributed by atoms with E-state index >= 15 is 0 Å². The Hall–Kier alpha value is -2.56. The van der Waals surface area contributed by atoms with Gasteiger partial charge in [-0.05, 0) is 31.0 Å². The standard InChI is InChI=1S/C16H18N2O3/c1-11(7-10-15(19)20)17-16(21)14-9-8-13(18-14)12-5-3-2-4-6-12/h2-6,8-9,11,18H,7,10H2,1H3,(H,17,21)(H,19,20). The van der Waals surface area contributed by atoms with E-state index in [2.05, 4.69) is 10.3 Å².